The molecule has 3 heterocycles. The minimum atomic E-state index is 0.156. The van der Waals surface area contributed by atoms with Crippen molar-refractivity contribution in [1.82, 2.24) is 4.90 Å². The quantitative estimate of drug-likeness (QED) is 0.750. The Balaban J connectivity index is 1.51. The molecule has 2 saturated heterocycles. The van der Waals surface area contributed by atoms with Gasteiger partial charge in [-0.25, -0.2) is 0 Å². The molecule has 0 aliphatic carbocycles. The summed E-state index contributed by atoms with van der Waals surface area (Å²) in [6.07, 6.45) is 4.76. The molecule has 0 bridgehead atoms. The summed E-state index contributed by atoms with van der Waals surface area (Å²) in [4.78, 5) is 4.06. The molecule has 21 heavy (non-hydrogen) atoms. The molecule has 0 amide bonds. The van der Waals surface area contributed by atoms with Crippen LogP contribution in [0.4, 0.5) is 0 Å². The van der Waals surface area contributed by atoms with E-state index in [1.165, 1.54) is 43.6 Å². The molecule has 0 unspecified atom stereocenters. The number of rotatable bonds is 6. The molecule has 2 aliphatic heterocycles. The van der Waals surface area contributed by atoms with E-state index in [1.807, 2.05) is 11.3 Å². The first-order chi connectivity index (χ1) is 10.3. The van der Waals surface area contributed by atoms with Crippen LogP contribution in [0.3, 0.4) is 0 Å². The van der Waals surface area contributed by atoms with Crippen molar-refractivity contribution in [3.63, 3.8) is 0 Å². The van der Waals surface area contributed by atoms with Gasteiger partial charge in [0.25, 0.3) is 0 Å². The van der Waals surface area contributed by atoms with Crippen LogP contribution >= 0.6 is 11.3 Å². The lowest BCUT2D eigenvalue weighted by molar-refractivity contribution is -0.0726. The second-order valence-electron chi connectivity index (χ2n) is 6.24. The summed E-state index contributed by atoms with van der Waals surface area (Å²) in [5, 5.41) is 2.17. The molecule has 3 nitrogen and oxygen atoms in total. The molecule has 0 radical (unpaired) electrons. The summed E-state index contributed by atoms with van der Waals surface area (Å²) in [6, 6.07) is 4.39. The van der Waals surface area contributed by atoms with Crippen LogP contribution in [-0.4, -0.2) is 43.4 Å². The maximum Gasteiger partial charge on any atom is 0.0736 e. The van der Waals surface area contributed by atoms with Crippen LogP contribution in [0.5, 0.6) is 0 Å². The SMILES string of the molecule is CCOCC[C@@H]1CCOC12CCN(Cc1cccs1)CC2. The Bertz CT molecular complexity index is 412. The fourth-order valence-electron chi connectivity index (χ4n) is 3.83. The van der Waals surface area contributed by atoms with Gasteiger partial charge in [0.05, 0.1) is 5.60 Å². The molecule has 2 fully saturated rings. The average molecular weight is 309 g/mol. The minimum absolute atomic E-state index is 0.156. The van der Waals surface area contributed by atoms with E-state index in [9.17, 15) is 0 Å². The molecule has 0 N–H and O–H groups in total. The van der Waals surface area contributed by atoms with Gasteiger partial charge in [0, 0.05) is 44.3 Å². The van der Waals surface area contributed by atoms with Crippen LogP contribution in [0.1, 0.15) is 37.5 Å². The van der Waals surface area contributed by atoms with Crippen LogP contribution in [0.15, 0.2) is 17.5 Å². The largest absolute Gasteiger partial charge is 0.382 e. The van der Waals surface area contributed by atoms with E-state index in [0.29, 0.717) is 5.92 Å². The Labute approximate surface area is 132 Å². The molecule has 3 rings (SSSR count). The van der Waals surface area contributed by atoms with Crippen molar-refractivity contribution in [2.24, 2.45) is 5.92 Å². The molecule has 0 aromatic carbocycles. The van der Waals surface area contributed by atoms with Crippen LogP contribution in [-0.2, 0) is 16.0 Å². The Morgan fingerprint density at radius 3 is 3.00 bits per heavy atom. The predicted molar refractivity (Wildman–Crippen MR) is 86.7 cm³/mol. The van der Waals surface area contributed by atoms with Crippen molar-refractivity contribution in [3.05, 3.63) is 22.4 Å². The van der Waals surface area contributed by atoms with Crippen molar-refractivity contribution >= 4 is 11.3 Å². The third-order valence-electron chi connectivity index (χ3n) is 5.08. The number of thiophene rings is 1. The normalized spacial score (nSPS) is 25.7. The third kappa shape index (κ3) is 3.67. The predicted octanol–water partition coefficient (Wildman–Crippen LogP) is 3.55. The molecule has 1 aromatic heterocycles. The summed E-state index contributed by atoms with van der Waals surface area (Å²) >= 11 is 1.87. The number of hydrogen-bond acceptors (Lipinski definition) is 4. The maximum atomic E-state index is 6.23. The number of ether oxygens (including phenoxy) is 2. The van der Waals surface area contributed by atoms with E-state index in [0.717, 1.165) is 26.4 Å². The van der Waals surface area contributed by atoms with Gasteiger partial charge in [-0.2, -0.15) is 0 Å². The minimum Gasteiger partial charge on any atom is -0.382 e. The summed E-state index contributed by atoms with van der Waals surface area (Å²) in [5.41, 5.74) is 0.156. The summed E-state index contributed by atoms with van der Waals surface area (Å²) < 4.78 is 11.8. The van der Waals surface area contributed by atoms with Crippen molar-refractivity contribution in [2.45, 2.75) is 44.8 Å². The number of hydrogen-bond donors (Lipinski definition) is 0. The lowest BCUT2D eigenvalue weighted by Gasteiger charge is -2.42. The van der Waals surface area contributed by atoms with Gasteiger partial charge < -0.3 is 9.47 Å². The number of nitrogens with zero attached hydrogens (tertiary/aromatic N) is 1. The van der Waals surface area contributed by atoms with E-state index in [1.54, 1.807) is 0 Å². The summed E-state index contributed by atoms with van der Waals surface area (Å²) in [6.45, 7) is 8.19. The van der Waals surface area contributed by atoms with Crippen LogP contribution in [0.2, 0.25) is 0 Å². The smallest absolute Gasteiger partial charge is 0.0736 e. The lowest BCUT2D eigenvalue weighted by atomic mass is 9.78. The Morgan fingerprint density at radius 1 is 1.43 bits per heavy atom. The molecular weight excluding hydrogens is 282 g/mol. The highest BCUT2D eigenvalue weighted by Crippen LogP contribution is 2.42. The zero-order valence-electron chi connectivity index (χ0n) is 13.1. The fourth-order valence-corrected chi connectivity index (χ4v) is 4.57. The summed E-state index contributed by atoms with van der Waals surface area (Å²) in [5.74, 6) is 0.702. The first-order valence-corrected chi connectivity index (χ1v) is 9.17. The van der Waals surface area contributed by atoms with Gasteiger partial charge in [-0.05, 0) is 50.0 Å². The van der Waals surface area contributed by atoms with E-state index in [-0.39, 0.29) is 5.60 Å². The average Bonchev–Trinajstić information content (AvgIpc) is 3.13. The van der Waals surface area contributed by atoms with Crippen molar-refractivity contribution in [1.29, 1.82) is 0 Å². The van der Waals surface area contributed by atoms with E-state index in [4.69, 9.17) is 9.47 Å². The van der Waals surface area contributed by atoms with Gasteiger partial charge >= 0.3 is 0 Å². The Hall–Kier alpha value is -0.420. The number of likely N-dealkylation sites (tertiary alicyclic amines) is 1. The second kappa shape index (κ2) is 7.23. The highest BCUT2D eigenvalue weighted by Gasteiger charge is 2.45. The van der Waals surface area contributed by atoms with E-state index >= 15 is 0 Å². The fraction of sp³-hybridized carbons (Fsp3) is 0.765. The Kier molecular flexibility index (Phi) is 5.33. The third-order valence-corrected chi connectivity index (χ3v) is 5.94. The molecule has 1 atom stereocenters. The van der Waals surface area contributed by atoms with Gasteiger partial charge in [-0.3, -0.25) is 4.90 Å². The number of piperidine rings is 1. The van der Waals surface area contributed by atoms with Gasteiger partial charge in [-0.1, -0.05) is 6.07 Å². The van der Waals surface area contributed by atoms with Gasteiger partial charge in [0.1, 0.15) is 0 Å². The first kappa shape index (κ1) is 15.5. The van der Waals surface area contributed by atoms with Gasteiger partial charge in [0.15, 0.2) is 0 Å². The molecule has 1 aromatic rings. The monoisotopic (exact) mass is 309 g/mol. The maximum absolute atomic E-state index is 6.23. The molecular formula is C17H27NO2S. The second-order valence-corrected chi connectivity index (χ2v) is 7.27. The van der Waals surface area contributed by atoms with Crippen molar-refractivity contribution in [3.8, 4) is 0 Å². The van der Waals surface area contributed by atoms with Crippen molar-refractivity contribution in [2.75, 3.05) is 32.9 Å². The van der Waals surface area contributed by atoms with Crippen LogP contribution in [0, 0.1) is 5.92 Å². The Morgan fingerprint density at radius 2 is 2.29 bits per heavy atom. The van der Waals surface area contributed by atoms with E-state index in [2.05, 4.69) is 29.3 Å². The summed E-state index contributed by atoms with van der Waals surface area (Å²) in [7, 11) is 0. The molecule has 118 valence electrons. The standard InChI is InChI=1S/C17H27NO2S/c1-2-19-11-5-15-6-12-20-17(15)7-9-18(10-8-17)14-16-4-3-13-21-16/h3-4,13,15H,2,5-12,14H2,1H3/t15-/m1/s1. The molecule has 2 aliphatic rings. The molecule has 0 saturated carbocycles. The highest BCUT2D eigenvalue weighted by molar-refractivity contribution is 7.09. The van der Waals surface area contributed by atoms with Crippen LogP contribution < -0.4 is 0 Å². The van der Waals surface area contributed by atoms with Crippen molar-refractivity contribution < 1.29 is 9.47 Å². The first-order valence-electron chi connectivity index (χ1n) is 8.29. The van der Waals surface area contributed by atoms with Crippen LogP contribution in [0.25, 0.3) is 0 Å². The zero-order chi connectivity index (χ0) is 14.5. The topological polar surface area (TPSA) is 21.7 Å². The zero-order valence-corrected chi connectivity index (χ0v) is 13.9. The van der Waals surface area contributed by atoms with Gasteiger partial charge in [0.2, 0.25) is 0 Å². The lowest BCUT2D eigenvalue weighted by Crippen LogP contribution is -2.47. The highest BCUT2D eigenvalue weighted by atomic mass is 32.1. The molecule has 4 heteroatoms. The van der Waals surface area contributed by atoms with Gasteiger partial charge in [-0.15, -0.1) is 11.3 Å². The molecule has 1 spiro atoms. The van der Waals surface area contributed by atoms with E-state index < -0.39 is 0 Å².